The Balaban J connectivity index is 2.53. The number of nitrogens with one attached hydrogen (secondary N) is 1. The minimum Gasteiger partial charge on any atom is -0.444 e. The largest absolute Gasteiger partial charge is 0.444 e. The summed E-state index contributed by atoms with van der Waals surface area (Å²) < 4.78 is 10.6. The maximum absolute atomic E-state index is 12.2. The minimum absolute atomic E-state index is 0.247. The molecular formula is C19H32N2O4. The second-order valence-electron chi connectivity index (χ2n) is 7.15. The molecule has 1 aromatic rings. The van der Waals surface area contributed by atoms with Crippen molar-refractivity contribution in [1.82, 2.24) is 10.2 Å². The van der Waals surface area contributed by atoms with Gasteiger partial charge in [0.15, 0.2) is 0 Å². The van der Waals surface area contributed by atoms with Crippen molar-refractivity contribution >= 4 is 6.09 Å². The smallest absolute Gasteiger partial charge is 0.410 e. The van der Waals surface area contributed by atoms with E-state index in [1.54, 1.807) is 14.0 Å². The molecule has 0 heterocycles. The first-order valence-corrected chi connectivity index (χ1v) is 8.65. The molecule has 1 amide bonds. The highest BCUT2D eigenvalue weighted by Gasteiger charge is 2.22. The SMILES string of the molecule is COCc1ccccc1CNCCN(CC(C)O)C(=O)OC(C)(C)C. The molecule has 6 nitrogen and oxygen atoms in total. The fourth-order valence-corrected chi connectivity index (χ4v) is 2.37. The lowest BCUT2D eigenvalue weighted by Gasteiger charge is -2.28. The van der Waals surface area contributed by atoms with Crippen LogP contribution in [0.5, 0.6) is 0 Å². The molecule has 0 saturated heterocycles. The average Bonchev–Trinajstić information content (AvgIpc) is 2.50. The van der Waals surface area contributed by atoms with Crippen LogP contribution in [0, 0.1) is 0 Å². The molecule has 1 rings (SSSR count). The fraction of sp³-hybridized carbons (Fsp3) is 0.632. The first kappa shape index (κ1) is 21.4. The maximum Gasteiger partial charge on any atom is 0.410 e. The van der Waals surface area contributed by atoms with Crippen LogP contribution in [0.25, 0.3) is 0 Å². The van der Waals surface area contributed by atoms with Crippen molar-refractivity contribution in [1.29, 1.82) is 0 Å². The number of aliphatic hydroxyl groups excluding tert-OH is 1. The van der Waals surface area contributed by atoms with E-state index in [9.17, 15) is 9.90 Å². The highest BCUT2D eigenvalue weighted by atomic mass is 16.6. The quantitative estimate of drug-likeness (QED) is 0.668. The van der Waals surface area contributed by atoms with E-state index in [2.05, 4.69) is 11.4 Å². The standard InChI is InChI=1S/C19H32N2O4/c1-15(22)13-21(18(23)25-19(2,3)4)11-10-20-12-16-8-6-7-9-17(16)14-24-5/h6-9,15,20,22H,10-14H2,1-5H3. The van der Waals surface area contributed by atoms with Gasteiger partial charge in [0.25, 0.3) is 0 Å². The second-order valence-corrected chi connectivity index (χ2v) is 7.15. The van der Waals surface area contributed by atoms with E-state index in [1.807, 2.05) is 39.0 Å². The number of methoxy groups -OCH3 is 1. The van der Waals surface area contributed by atoms with Crippen LogP contribution in [0.1, 0.15) is 38.8 Å². The normalized spacial score (nSPS) is 12.7. The predicted octanol–water partition coefficient (Wildman–Crippen LogP) is 2.54. The molecule has 2 N–H and O–H groups in total. The first-order chi connectivity index (χ1) is 11.7. The highest BCUT2D eigenvalue weighted by molar-refractivity contribution is 5.68. The third kappa shape index (κ3) is 8.86. The van der Waals surface area contributed by atoms with Crippen molar-refractivity contribution in [3.63, 3.8) is 0 Å². The molecule has 0 radical (unpaired) electrons. The molecule has 6 heteroatoms. The fourth-order valence-electron chi connectivity index (χ4n) is 2.37. The molecule has 0 saturated carbocycles. The van der Waals surface area contributed by atoms with E-state index >= 15 is 0 Å². The van der Waals surface area contributed by atoms with Crippen molar-refractivity contribution in [3.8, 4) is 0 Å². The van der Waals surface area contributed by atoms with Crippen molar-refractivity contribution in [3.05, 3.63) is 35.4 Å². The molecule has 0 aromatic heterocycles. The van der Waals surface area contributed by atoms with Gasteiger partial charge < -0.3 is 24.8 Å². The Bertz CT molecular complexity index is 526. The molecule has 142 valence electrons. The summed E-state index contributed by atoms with van der Waals surface area (Å²) in [4.78, 5) is 13.8. The number of nitrogens with zero attached hydrogens (tertiary/aromatic N) is 1. The monoisotopic (exact) mass is 352 g/mol. The van der Waals surface area contributed by atoms with Gasteiger partial charge in [-0.1, -0.05) is 24.3 Å². The van der Waals surface area contributed by atoms with E-state index in [1.165, 1.54) is 10.5 Å². The van der Waals surface area contributed by atoms with Crippen LogP contribution in [0.2, 0.25) is 0 Å². The number of benzene rings is 1. The van der Waals surface area contributed by atoms with Gasteiger partial charge in [0.2, 0.25) is 0 Å². The second kappa shape index (κ2) is 10.4. The Labute approximate surface area is 151 Å². The number of amides is 1. The Morgan fingerprint density at radius 3 is 2.48 bits per heavy atom. The van der Waals surface area contributed by atoms with Gasteiger partial charge in [-0.3, -0.25) is 0 Å². The van der Waals surface area contributed by atoms with Crippen LogP contribution < -0.4 is 5.32 Å². The number of carbonyl (C=O) groups is 1. The van der Waals surface area contributed by atoms with Gasteiger partial charge in [-0.2, -0.15) is 0 Å². The Morgan fingerprint density at radius 1 is 1.28 bits per heavy atom. The minimum atomic E-state index is -0.602. The van der Waals surface area contributed by atoms with E-state index in [4.69, 9.17) is 9.47 Å². The predicted molar refractivity (Wildman–Crippen MR) is 98.3 cm³/mol. The topological polar surface area (TPSA) is 71.0 Å². The summed E-state index contributed by atoms with van der Waals surface area (Å²) in [5.41, 5.74) is 1.76. The number of ether oxygens (including phenoxy) is 2. The van der Waals surface area contributed by atoms with Gasteiger partial charge in [-0.05, 0) is 38.8 Å². The highest BCUT2D eigenvalue weighted by Crippen LogP contribution is 2.11. The number of rotatable bonds is 9. The van der Waals surface area contributed by atoms with E-state index in [0.29, 0.717) is 26.2 Å². The first-order valence-electron chi connectivity index (χ1n) is 8.65. The Morgan fingerprint density at radius 2 is 1.92 bits per heavy atom. The summed E-state index contributed by atoms with van der Waals surface area (Å²) in [5.74, 6) is 0. The van der Waals surface area contributed by atoms with Crippen LogP contribution in [0.15, 0.2) is 24.3 Å². The molecule has 0 spiro atoms. The summed E-state index contributed by atoms with van der Waals surface area (Å²) in [5, 5.41) is 13.0. The molecule has 25 heavy (non-hydrogen) atoms. The van der Waals surface area contributed by atoms with E-state index in [0.717, 1.165) is 5.56 Å². The van der Waals surface area contributed by atoms with Gasteiger partial charge in [0.05, 0.1) is 12.7 Å². The van der Waals surface area contributed by atoms with E-state index in [-0.39, 0.29) is 6.54 Å². The molecule has 0 fully saturated rings. The molecule has 1 atom stereocenters. The van der Waals surface area contributed by atoms with Crippen LogP contribution in [-0.2, 0) is 22.6 Å². The van der Waals surface area contributed by atoms with Gasteiger partial charge in [0, 0.05) is 33.3 Å². The van der Waals surface area contributed by atoms with Crippen molar-refractivity contribution in [2.24, 2.45) is 0 Å². The van der Waals surface area contributed by atoms with Gasteiger partial charge >= 0.3 is 6.09 Å². The zero-order valence-electron chi connectivity index (χ0n) is 16.0. The van der Waals surface area contributed by atoms with Gasteiger partial charge in [0.1, 0.15) is 5.60 Å². The summed E-state index contributed by atoms with van der Waals surface area (Å²) in [6, 6.07) is 8.09. The Kier molecular flexibility index (Phi) is 8.89. The lowest BCUT2D eigenvalue weighted by atomic mass is 10.1. The van der Waals surface area contributed by atoms with Crippen LogP contribution in [0.4, 0.5) is 4.79 Å². The molecule has 0 aliphatic heterocycles. The lowest BCUT2D eigenvalue weighted by Crippen LogP contribution is -2.43. The van der Waals surface area contributed by atoms with Gasteiger partial charge in [-0.25, -0.2) is 4.79 Å². The van der Waals surface area contributed by atoms with Crippen LogP contribution in [-0.4, -0.2) is 54.5 Å². The third-order valence-corrected chi connectivity index (χ3v) is 3.43. The third-order valence-electron chi connectivity index (χ3n) is 3.43. The van der Waals surface area contributed by atoms with Crippen LogP contribution >= 0.6 is 0 Å². The molecule has 1 unspecified atom stereocenters. The Hall–Kier alpha value is -1.63. The summed E-state index contributed by atoms with van der Waals surface area (Å²) in [6.45, 7) is 9.73. The van der Waals surface area contributed by atoms with Crippen molar-refractivity contribution in [2.75, 3.05) is 26.7 Å². The van der Waals surface area contributed by atoms with Gasteiger partial charge in [-0.15, -0.1) is 0 Å². The molecule has 0 bridgehead atoms. The van der Waals surface area contributed by atoms with Crippen molar-refractivity contribution in [2.45, 2.75) is 52.6 Å². The molecule has 1 aromatic carbocycles. The van der Waals surface area contributed by atoms with E-state index < -0.39 is 17.8 Å². The number of aliphatic hydroxyl groups is 1. The zero-order valence-corrected chi connectivity index (χ0v) is 16.0. The zero-order chi connectivity index (χ0) is 18.9. The maximum atomic E-state index is 12.2. The summed E-state index contributed by atoms with van der Waals surface area (Å²) in [6.07, 6.45) is -1.01. The summed E-state index contributed by atoms with van der Waals surface area (Å²) >= 11 is 0. The van der Waals surface area contributed by atoms with Crippen molar-refractivity contribution < 1.29 is 19.4 Å². The van der Waals surface area contributed by atoms with Crippen LogP contribution in [0.3, 0.4) is 0 Å². The average molecular weight is 352 g/mol. The molecular weight excluding hydrogens is 320 g/mol. The number of carbonyl (C=O) groups excluding carboxylic acids is 1. The lowest BCUT2D eigenvalue weighted by molar-refractivity contribution is 0.0164. The number of hydrogen-bond acceptors (Lipinski definition) is 5. The number of hydrogen-bond donors (Lipinski definition) is 2. The summed E-state index contributed by atoms with van der Waals surface area (Å²) in [7, 11) is 1.68. The molecule has 0 aliphatic rings. The molecule has 0 aliphatic carbocycles.